The molecule has 10 heteroatoms. The van der Waals surface area contributed by atoms with Crippen LogP contribution in [0, 0.1) is 6.92 Å². The zero-order valence-corrected chi connectivity index (χ0v) is 17.6. The summed E-state index contributed by atoms with van der Waals surface area (Å²) in [5.74, 6) is -0.0639. The van der Waals surface area contributed by atoms with Gasteiger partial charge in [0.05, 0.1) is 11.1 Å². The van der Waals surface area contributed by atoms with Gasteiger partial charge in [-0.2, -0.15) is 26.3 Å². The SMILES string of the molecule is CCN(CC)C(=O)[C@@H]1Oc2ccc(C)cc2[C@H]1Nc1cc(C(F)(F)F)cc(C(F)(F)F)c1. The number of nitrogens with one attached hydrogen (secondary N) is 1. The molecule has 1 N–H and O–H groups in total. The summed E-state index contributed by atoms with van der Waals surface area (Å²) in [6, 6.07) is 5.36. The van der Waals surface area contributed by atoms with Gasteiger partial charge >= 0.3 is 12.4 Å². The lowest BCUT2D eigenvalue weighted by Gasteiger charge is -2.27. The second-order valence-electron chi connectivity index (χ2n) is 7.51. The first-order valence-electron chi connectivity index (χ1n) is 9.97. The van der Waals surface area contributed by atoms with Crippen LogP contribution in [0.1, 0.15) is 42.1 Å². The smallest absolute Gasteiger partial charge is 0.416 e. The fourth-order valence-corrected chi connectivity index (χ4v) is 3.67. The number of halogens is 6. The third kappa shape index (κ3) is 4.78. The van der Waals surface area contributed by atoms with Crippen molar-refractivity contribution >= 4 is 11.6 Å². The van der Waals surface area contributed by atoms with Crippen molar-refractivity contribution in [3.05, 3.63) is 58.7 Å². The molecule has 32 heavy (non-hydrogen) atoms. The van der Waals surface area contributed by atoms with Crippen LogP contribution in [-0.4, -0.2) is 30.0 Å². The maximum absolute atomic E-state index is 13.3. The Morgan fingerprint density at radius 1 is 0.969 bits per heavy atom. The lowest BCUT2D eigenvalue weighted by molar-refractivity contribution is -0.143. The minimum atomic E-state index is -4.98. The lowest BCUT2D eigenvalue weighted by atomic mass is 9.99. The van der Waals surface area contributed by atoms with Gasteiger partial charge in [0.2, 0.25) is 6.10 Å². The first kappa shape index (κ1) is 23.7. The fraction of sp³-hybridized carbons (Fsp3) is 0.409. The summed E-state index contributed by atoms with van der Waals surface area (Å²) in [5, 5.41) is 2.71. The van der Waals surface area contributed by atoms with Crippen LogP contribution >= 0.6 is 0 Å². The number of rotatable bonds is 5. The second-order valence-corrected chi connectivity index (χ2v) is 7.51. The van der Waals surface area contributed by atoms with Gasteiger partial charge in [-0.1, -0.05) is 17.7 Å². The van der Waals surface area contributed by atoms with Crippen LogP contribution in [0.15, 0.2) is 36.4 Å². The number of fused-ring (bicyclic) bond motifs is 1. The number of carbonyl (C=O) groups is 1. The van der Waals surface area contributed by atoms with Gasteiger partial charge in [-0.05, 0) is 45.0 Å². The molecule has 1 aliphatic rings. The first-order valence-corrected chi connectivity index (χ1v) is 9.97. The number of ether oxygens (including phenoxy) is 1. The zero-order valence-electron chi connectivity index (χ0n) is 17.6. The summed E-state index contributed by atoms with van der Waals surface area (Å²) in [5.41, 5.74) is -2.00. The Balaban J connectivity index is 2.07. The topological polar surface area (TPSA) is 41.6 Å². The number of likely N-dealkylation sites (N-methyl/N-ethyl adjacent to an activating group) is 1. The highest BCUT2D eigenvalue weighted by molar-refractivity contribution is 5.84. The van der Waals surface area contributed by atoms with Gasteiger partial charge in [0.25, 0.3) is 5.91 Å². The van der Waals surface area contributed by atoms with E-state index in [1.54, 1.807) is 39.0 Å². The molecule has 2 atom stereocenters. The Bertz CT molecular complexity index is 967. The van der Waals surface area contributed by atoms with E-state index < -0.39 is 47.2 Å². The highest BCUT2D eigenvalue weighted by Gasteiger charge is 2.42. The van der Waals surface area contributed by atoms with Crippen LogP contribution in [0.5, 0.6) is 5.75 Å². The zero-order chi connectivity index (χ0) is 23.8. The average molecular weight is 460 g/mol. The van der Waals surface area contributed by atoms with Crippen molar-refractivity contribution in [1.29, 1.82) is 0 Å². The van der Waals surface area contributed by atoms with E-state index in [0.717, 1.165) is 5.56 Å². The number of hydrogen-bond donors (Lipinski definition) is 1. The van der Waals surface area contributed by atoms with E-state index in [1.807, 2.05) is 0 Å². The molecule has 1 heterocycles. The number of benzene rings is 2. The molecule has 0 bridgehead atoms. The van der Waals surface area contributed by atoms with Crippen molar-refractivity contribution in [1.82, 2.24) is 4.90 Å². The molecule has 0 aromatic heterocycles. The molecule has 4 nitrogen and oxygen atoms in total. The molecule has 2 aromatic carbocycles. The molecule has 0 radical (unpaired) electrons. The van der Waals surface area contributed by atoms with Crippen molar-refractivity contribution < 1.29 is 35.9 Å². The maximum Gasteiger partial charge on any atom is 0.416 e. The highest BCUT2D eigenvalue weighted by atomic mass is 19.4. The lowest BCUT2D eigenvalue weighted by Crippen LogP contribution is -2.44. The Labute approximate surface area is 181 Å². The molecule has 0 fully saturated rings. The molecule has 1 amide bonds. The van der Waals surface area contributed by atoms with Gasteiger partial charge in [-0.3, -0.25) is 4.79 Å². The molecule has 0 saturated heterocycles. The monoisotopic (exact) mass is 460 g/mol. The van der Waals surface area contributed by atoms with E-state index in [4.69, 9.17) is 4.74 Å². The molecule has 0 saturated carbocycles. The maximum atomic E-state index is 13.3. The number of amides is 1. The van der Waals surface area contributed by atoms with Crippen molar-refractivity contribution in [3.63, 3.8) is 0 Å². The van der Waals surface area contributed by atoms with Crippen molar-refractivity contribution in [3.8, 4) is 5.75 Å². The van der Waals surface area contributed by atoms with Crippen LogP contribution in [0.2, 0.25) is 0 Å². The van der Waals surface area contributed by atoms with Crippen LogP contribution in [-0.2, 0) is 17.1 Å². The second kappa shape index (κ2) is 8.55. The molecule has 1 aliphatic heterocycles. The first-order chi connectivity index (χ1) is 14.8. The molecular weight excluding hydrogens is 438 g/mol. The fourth-order valence-electron chi connectivity index (χ4n) is 3.67. The number of carbonyl (C=O) groups excluding carboxylic acids is 1. The van der Waals surface area contributed by atoms with Crippen LogP contribution in [0.4, 0.5) is 32.0 Å². The summed E-state index contributed by atoms with van der Waals surface area (Å²) in [6.07, 6.45) is -11.1. The van der Waals surface area contributed by atoms with Crippen molar-refractivity contribution in [2.24, 2.45) is 0 Å². The van der Waals surface area contributed by atoms with Crippen LogP contribution in [0.25, 0.3) is 0 Å². The van der Waals surface area contributed by atoms with Crippen LogP contribution in [0.3, 0.4) is 0 Å². The highest BCUT2D eigenvalue weighted by Crippen LogP contribution is 2.42. The summed E-state index contributed by atoms with van der Waals surface area (Å²) < 4.78 is 85.4. The molecular formula is C22H22F6N2O2. The Morgan fingerprint density at radius 3 is 2.03 bits per heavy atom. The standard InChI is InChI=1S/C22H22F6N2O2/c1-4-30(5-2)20(31)19-18(16-8-12(3)6-7-17(16)32-19)29-15-10-13(21(23,24)25)9-14(11-15)22(26,27)28/h6-11,18-19,29H,4-5H2,1-3H3/t18-,19-/m1/s1. The van der Waals surface area contributed by atoms with Gasteiger partial charge in [0.1, 0.15) is 11.8 Å². The quantitative estimate of drug-likeness (QED) is 0.572. The van der Waals surface area contributed by atoms with Gasteiger partial charge in [-0.25, -0.2) is 0 Å². The number of anilines is 1. The van der Waals surface area contributed by atoms with Crippen molar-refractivity contribution in [2.45, 2.75) is 45.3 Å². The number of aryl methyl sites for hydroxylation is 1. The van der Waals surface area contributed by atoms with E-state index in [1.165, 1.54) is 4.90 Å². The molecule has 174 valence electrons. The van der Waals surface area contributed by atoms with E-state index in [-0.39, 0.29) is 6.07 Å². The summed E-state index contributed by atoms with van der Waals surface area (Å²) >= 11 is 0. The van der Waals surface area contributed by atoms with Gasteiger partial charge in [0.15, 0.2) is 0 Å². The van der Waals surface area contributed by atoms with E-state index in [0.29, 0.717) is 36.5 Å². The predicted molar refractivity (Wildman–Crippen MR) is 106 cm³/mol. The summed E-state index contributed by atoms with van der Waals surface area (Å²) in [4.78, 5) is 14.5. The van der Waals surface area contributed by atoms with Gasteiger partial charge < -0.3 is 15.0 Å². The molecule has 0 spiro atoms. The molecule has 0 unspecified atom stereocenters. The van der Waals surface area contributed by atoms with Gasteiger partial charge in [0, 0.05) is 24.3 Å². The number of nitrogens with zero attached hydrogens (tertiary/aromatic N) is 1. The van der Waals surface area contributed by atoms with E-state index in [9.17, 15) is 31.1 Å². The van der Waals surface area contributed by atoms with Crippen LogP contribution < -0.4 is 10.1 Å². The molecule has 2 aromatic rings. The molecule has 0 aliphatic carbocycles. The van der Waals surface area contributed by atoms with E-state index in [2.05, 4.69) is 5.32 Å². The minimum Gasteiger partial charge on any atom is -0.478 e. The van der Waals surface area contributed by atoms with Crippen molar-refractivity contribution in [2.75, 3.05) is 18.4 Å². The van der Waals surface area contributed by atoms with Gasteiger partial charge in [-0.15, -0.1) is 0 Å². The Hall–Kier alpha value is -2.91. The van der Waals surface area contributed by atoms with E-state index >= 15 is 0 Å². The normalized spacial score (nSPS) is 18.2. The summed E-state index contributed by atoms with van der Waals surface area (Å²) in [7, 11) is 0. The summed E-state index contributed by atoms with van der Waals surface area (Å²) in [6.45, 7) is 6.05. The average Bonchev–Trinajstić information content (AvgIpc) is 3.05. The Morgan fingerprint density at radius 2 is 1.53 bits per heavy atom. The minimum absolute atomic E-state index is 0.0625. The third-order valence-electron chi connectivity index (χ3n) is 5.29. The predicted octanol–water partition coefficient (Wildman–Crippen LogP) is 5.82. The number of hydrogen-bond acceptors (Lipinski definition) is 3. The number of alkyl halides is 6. The Kier molecular flexibility index (Phi) is 6.35. The largest absolute Gasteiger partial charge is 0.478 e. The third-order valence-corrected chi connectivity index (χ3v) is 5.29. The molecule has 3 rings (SSSR count).